The van der Waals surface area contributed by atoms with Crippen molar-refractivity contribution in [3.05, 3.63) is 131 Å². The Labute approximate surface area is 482 Å². The van der Waals surface area contributed by atoms with Crippen LogP contribution in [0.2, 0.25) is 0 Å². The molecule has 20 nitrogen and oxygen atoms in total. The summed E-state index contributed by atoms with van der Waals surface area (Å²) in [5, 5.41) is 44.5. The Hall–Kier alpha value is -2.50. The minimum Gasteiger partial charge on any atom is -0.744 e. The molecule has 0 saturated heterocycles. The normalized spacial score (nSPS) is 11.1. The average Bonchev–Trinajstić information content (AvgIpc) is 3.26. The van der Waals surface area contributed by atoms with Crippen LogP contribution in [0.15, 0.2) is 94.7 Å². The number of nitrogens with one attached hydrogen (secondary N) is 2. The summed E-state index contributed by atoms with van der Waals surface area (Å²) < 4.78 is 71.8. The van der Waals surface area contributed by atoms with E-state index in [0.717, 1.165) is 5.56 Å². The van der Waals surface area contributed by atoms with E-state index in [1.807, 2.05) is 12.1 Å². The third kappa shape index (κ3) is 18.6. The maximum atomic E-state index is 12.5. The molecule has 6 aromatic rings. The average molecular weight is 1000 g/mol. The second kappa shape index (κ2) is 29.7. The van der Waals surface area contributed by atoms with Crippen LogP contribution in [0.25, 0.3) is 12.2 Å². The molecule has 0 saturated carbocycles. The summed E-state index contributed by atoms with van der Waals surface area (Å²) in [6.45, 7) is -0.513. The molecule has 0 fully saturated rings. The standard InChI is InChI=1S/C42H44N10O10S2.4Na/c53-22-18-51(19-23-54)41-48-38(27-31-9-16-35(17-10-31)63(57,58)59)45-39(49-41)43-33-13-7-29(8-14-33)6-11-32-12-15-34(28-36(32)64(60,61)62)44-40-46-37(26-30-4-2-1-3-5-30)47-42(50-40)52(20-24-55)21-25-56;;;;/h2-7,9-17,28,53-56H,18-27H2,(H,57,58,59)(H,60,61,62)(H,43,45,48,49)(H,44,46,47,50);;;;/q-2;4*+1/p-2/b11-6+;;;;. The Bertz CT molecular complexity index is 2760. The Balaban J connectivity index is 0.00000397. The van der Waals surface area contributed by atoms with Crippen molar-refractivity contribution in [2.24, 2.45) is 0 Å². The van der Waals surface area contributed by atoms with Crippen molar-refractivity contribution >= 4 is 67.6 Å². The van der Waals surface area contributed by atoms with Gasteiger partial charge in [0.1, 0.15) is 31.9 Å². The van der Waals surface area contributed by atoms with Gasteiger partial charge in [0.05, 0.1) is 36.2 Å². The number of hydrogen-bond acceptors (Lipinski definition) is 20. The zero-order valence-electron chi connectivity index (χ0n) is 37.9. The number of benzene rings is 4. The maximum absolute atomic E-state index is 12.5. The Morgan fingerprint density at radius 2 is 1.06 bits per heavy atom. The quantitative estimate of drug-likeness (QED) is 0.0159. The van der Waals surface area contributed by atoms with E-state index in [1.165, 1.54) is 42.5 Å². The van der Waals surface area contributed by atoms with E-state index in [0.29, 0.717) is 29.1 Å². The van der Waals surface area contributed by atoms with Gasteiger partial charge >= 0.3 is 118 Å². The SMILES string of the molecule is O=S(=O)([O-])c1ccc(Cc2nc(Nc3c[c-]c(/C=C/c4ccc(Nc5nc(Cc6cc[c-]cc6)nc(N(CCO)CCO)n5)cc4S(=O)(=O)[O-])cc3)nc(N(CCO)CCO)n2)cc1.[Na+].[Na+].[Na+].[Na+]. The van der Waals surface area contributed by atoms with Crippen LogP contribution in [0.4, 0.5) is 35.2 Å². The molecule has 6 N–H and O–H groups in total. The monoisotopic (exact) mass is 1000 g/mol. The molecule has 0 aliphatic carbocycles. The van der Waals surface area contributed by atoms with E-state index in [1.54, 1.807) is 52.3 Å². The Morgan fingerprint density at radius 1 is 0.574 bits per heavy atom. The molecule has 0 atom stereocenters. The fourth-order valence-corrected chi connectivity index (χ4v) is 7.34. The number of rotatable bonds is 22. The summed E-state index contributed by atoms with van der Waals surface area (Å²) >= 11 is 0. The summed E-state index contributed by atoms with van der Waals surface area (Å²) in [5.41, 5.74) is 2.76. The van der Waals surface area contributed by atoms with Crippen molar-refractivity contribution in [1.82, 2.24) is 29.9 Å². The zero-order chi connectivity index (χ0) is 45.7. The van der Waals surface area contributed by atoms with Crippen molar-refractivity contribution in [3.63, 3.8) is 0 Å². The van der Waals surface area contributed by atoms with Crippen molar-refractivity contribution < 1.29 is 165 Å². The van der Waals surface area contributed by atoms with Gasteiger partial charge in [0.25, 0.3) is 0 Å². The molecular weight excluding hydrogens is 961 g/mol. The van der Waals surface area contributed by atoms with E-state index >= 15 is 0 Å². The molecule has 0 radical (unpaired) electrons. The van der Waals surface area contributed by atoms with E-state index in [4.69, 9.17) is 0 Å². The number of anilines is 6. The van der Waals surface area contributed by atoms with Crippen LogP contribution >= 0.6 is 0 Å². The van der Waals surface area contributed by atoms with Gasteiger partial charge in [-0.15, -0.1) is 30.3 Å². The predicted octanol–water partition coefficient (Wildman–Crippen LogP) is -10.1. The molecule has 336 valence electrons. The van der Waals surface area contributed by atoms with E-state index < -0.39 is 25.1 Å². The van der Waals surface area contributed by atoms with Crippen LogP contribution < -0.4 is 139 Å². The summed E-state index contributed by atoms with van der Waals surface area (Å²) in [4.78, 5) is 29.1. The minimum atomic E-state index is -5.00. The maximum Gasteiger partial charge on any atom is 1.00 e. The topological polar surface area (TPSA) is 303 Å². The van der Waals surface area contributed by atoms with Gasteiger partial charge in [-0.05, 0) is 41.1 Å². The third-order valence-corrected chi connectivity index (χ3v) is 10.9. The van der Waals surface area contributed by atoms with Gasteiger partial charge in [0.15, 0.2) is 0 Å². The molecule has 2 heterocycles. The fraction of sp³-hybridized carbons (Fsp3) is 0.238. The minimum absolute atomic E-state index is 0. The van der Waals surface area contributed by atoms with Gasteiger partial charge in [0, 0.05) is 44.7 Å². The summed E-state index contributed by atoms with van der Waals surface area (Å²) in [5.74, 6) is 1.06. The van der Waals surface area contributed by atoms with E-state index in [9.17, 15) is 46.4 Å². The van der Waals surface area contributed by atoms with Crippen molar-refractivity contribution in [2.45, 2.75) is 22.6 Å². The van der Waals surface area contributed by atoms with Gasteiger partial charge in [-0.3, -0.25) is 0 Å². The van der Waals surface area contributed by atoms with Gasteiger partial charge in [-0.25, -0.2) is 16.8 Å². The molecule has 6 rings (SSSR count). The molecular formula is C42H42N10Na4O10S2. The first-order valence-corrected chi connectivity index (χ1v) is 22.3. The number of aromatic nitrogens is 6. The second-order valence-electron chi connectivity index (χ2n) is 13.8. The number of aliphatic hydroxyl groups is 4. The molecule has 0 bridgehead atoms. The van der Waals surface area contributed by atoms with Crippen molar-refractivity contribution in [3.8, 4) is 0 Å². The predicted molar refractivity (Wildman–Crippen MR) is 233 cm³/mol. The summed E-state index contributed by atoms with van der Waals surface area (Å²) in [6.07, 6.45) is 3.43. The molecule has 0 aliphatic rings. The van der Waals surface area contributed by atoms with Crippen LogP contribution in [0.5, 0.6) is 0 Å². The largest absolute Gasteiger partial charge is 1.00 e. The zero-order valence-corrected chi connectivity index (χ0v) is 47.6. The van der Waals surface area contributed by atoms with E-state index in [-0.39, 0.29) is 223 Å². The van der Waals surface area contributed by atoms with Crippen LogP contribution in [-0.4, -0.2) is 129 Å². The Kier molecular flexibility index (Phi) is 27.0. The summed E-state index contributed by atoms with van der Waals surface area (Å²) in [7, 11) is -9.63. The van der Waals surface area contributed by atoms with Crippen LogP contribution in [0.1, 0.15) is 33.9 Å². The van der Waals surface area contributed by atoms with Crippen molar-refractivity contribution in [1.29, 1.82) is 0 Å². The molecule has 0 spiro atoms. The third-order valence-electron chi connectivity index (χ3n) is 9.18. The summed E-state index contributed by atoms with van der Waals surface area (Å²) in [6, 6.07) is 27.6. The molecule has 0 unspecified atom stereocenters. The first-order valence-electron chi connectivity index (χ1n) is 19.5. The van der Waals surface area contributed by atoms with Crippen LogP contribution in [0.3, 0.4) is 0 Å². The smallest absolute Gasteiger partial charge is 0.744 e. The fourth-order valence-electron chi connectivity index (χ4n) is 6.17. The number of nitrogens with zero attached hydrogens (tertiary/aromatic N) is 8. The van der Waals surface area contributed by atoms with Crippen LogP contribution in [-0.2, 0) is 33.1 Å². The molecule has 26 heteroatoms. The van der Waals surface area contributed by atoms with Crippen molar-refractivity contribution in [2.75, 3.05) is 73.0 Å². The second-order valence-corrected chi connectivity index (χ2v) is 16.5. The van der Waals surface area contributed by atoms with E-state index in [2.05, 4.69) is 52.7 Å². The first kappa shape index (κ1) is 61.6. The molecule has 0 aliphatic heterocycles. The molecule has 4 aromatic carbocycles. The molecule has 2 aromatic heterocycles. The van der Waals surface area contributed by atoms with Gasteiger partial charge < -0.3 is 50.0 Å². The molecule has 68 heavy (non-hydrogen) atoms. The Morgan fingerprint density at radius 3 is 1.51 bits per heavy atom. The number of aliphatic hydroxyl groups excluding tert-OH is 4. The number of hydrogen-bond donors (Lipinski definition) is 6. The van der Waals surface area contributed by atoms with Gasteiger partial charge in [0.2, 0.25) is 23.8 Å². The molecule has 0 amide bonds. The van der Waals surface area contributed by atoms with Crippen LogP contribution in [0, 0.1) is 12.1 Å². The van der Waals surface area contributed by atoms with Gasteiger partial charge in [-0.1, -0.05) is 24.3 Å². The van der Waals surface area contributed by atoms with Gasteiger partial charge in [-0.2, -0.15) is 71.4 Å². The first-order chi connectivity index (χ1) is 30.7.